The van der Waals surface area contributed by atoms with Gasteiger partial charge >= 0.3 is 0 Å². The van der Waals surface area contributed by atoms with Gasteiger partial charge in [0.2, 0.25) is 0 Å². The highest BCUT2D eigenvalue weighted by atomic mass is 16.5. The summed E-state index contributed by atoms with van der Waals surface area (Å²) in [5, 5.41) is 0. The first-order valence-corrected chi connectivity index (χ1v) is 12.1. The Morgan fingerprint density at radius 1 is 1.06 bits per heavy atom. The fraction of sp³-hybridized carbons (Fsp3) is 0.379. The minimum atomic E-state index is -0.0180. The molecule has 1 saturated heterocycles. The number of benzene rings is 2. The van der Waals surface area contributed by atoms with Gasteiger partial charge in [0, 0.05) is 25.8 Å². The Labute approximate surface area is 203 Å². The third kappa shape index (κ3) is 6.03. The molecule has 3 aromatic rings. The van der Waals surface area contributed by atoms with Crippen LogP contribution in [0.4, 0.5) is 0 Å². The van der Waals surface area contributed by atoms with Crippen LogP contribution < -0.4 is 4.74 Å². The second kappa shape index (κ2) is 11.3. The number of piperidine rings is 1. The van der Waals surface area contributed by atoms with Crippen molar-refractivity contribution in [1.29, 1.82) is 0 Å². The maximum absolute atomic E-state index is 13.3. The maximum Gasteiger partial charge on any atom is 0.272 e. The van der Waals surface area contributed by atoms with Crippen LogP contribution >= 0.6 is 0 Å². The van der Waals surface area contributed by atoms with E-state index in [0.29, 0.717) is 11.6 Å². The third-order valence-electron chi connectivity index (χ3n) is 6.98. The smallest absolute Gasteiger partial charge is 0.272 e. The predicted octanol–water partition coefficient (Wildman–Crippen LogP) is 4.99. The van der Waals surface area contributed by atoms with Crippen LogP contribution in [-0.4, -0.2) is 54.0 Å². The summed E-state index contributed by atoms with van der Waals surface area (Å²) in [6, 6.07) is 22.6. The number of likely N-dealkylation sites (tertiary alicyclic amines) is 1. The van der Waals surface area contributed by atoms with Crippen molar-refractivity contribution < 1.29 is 9.53 Å². The van der Waals surface area contributed by atoms with Crippen molar-refractivity contribution in [3.8, 4) is 5.75 Å². The number of methoxy groups -OCH3 is 1. The molecule has 0 aliphatic carbocycles. The lowest BCUT2D eigenvalue weighted by molar-refractivity contribution is 0.0579. The molecule has 5 nitrogen and oxygen atoms in total. The van der Waals surface area contributed by atoms with E-state index in [4.69, 9.17) is 4.74 Å². The highest BCUT2D eigenvalue weighted by Gasteiger charge is 2.32. The number of nitrogens with zero attached hydrogens (tertiary/aromatic N) is 3. The lowest BCUT2D eigenvalue weighted by Crippen LogP contribution is -2.47. The Morgan fingerprint density at radius 3 is 2.50 bits per heavy atom. The first-order chi connectivity index (χ1) is 16.5. The monoisotopic (exact) mass is 457 g/mol. The van der Waals surface area contributed by atoms with Crippen molar-refractivity contribution >= 4 is 5.91 Å². The largest absolute Gasteiger partial charge is 0.497 e. The van der Waals surface area contributed by atoms with Gasteiger partial charge in [-0.1, -0.05) is 48.0 Å². The number of carbonyl (C=O) groups is 1. The average Bonchev–Trinajstić information content (AvgIpc) is 2.89. The first kappa shape index (κ1) is 24.0. The van der Waals surface area contributed by atoms with Gasteiger partial charge < -0.3 is 9.64 Å². The topological polar surface area (TPSA) is 45.7 Å². The van der Waals surface area contributed by atoms with Gasteiger partial charge in [-0.15, -0.1) is 0 Å². The van der Waals surface area contributed by atoms with E-state index in [0.717, 1.165) is 44.6 Å². The fourth-order valence-electron chi connectivity index (χ4n) is 4.93. The predicted molar refractivity (Wildman–Crippen MR) is 136 cm³/mol. The number of aromatic nitrogens is 1. The summed E-state index contributed by atoms with van der Waals surface area (Å²) in [6.07, 6.45) is 4.62. The van der Waals surface area contributed by atoms with Crippen LogP contribution in [0.3, 0.4) is 0 Å². The van der Waals surface area contributed by atoms with E-state index < -0.39 is 0 Å². The summed E-state index contributed by atoms with van der Waals surface area (Å²) in [6.45, 7) is 5.19. The summed E-state index contributed by atoms with van der Waals surface area (Å²) >= 11 is 0. The van der Waals surface area contributed by atoms with Crippen molar-refractivity contribution in [3.05, 3.63) is 95.3 Å². The van der Waals surface area contributed by atoms with E-state index in [1.54, 1.807) is 19.4 Å². The normalized spacial score (nSPS) is 15.6. The summed E-state index contributed by atoms with van der Waals surface area (Å²) < 4.78 is 5.44. The molecule has 178 valence electrons. The Morgan fingerprint density at radius 2 is 1.82 bits per heavy atom. The van der Waals surface area contributed by atoms with E-state index in [1.807, 2.05) is 36.2 Å². The summed E-state index contributed by atoms with van der Waals surface area (Å²) in [7, 11) is 3.62. The molecule has 34 heavy (non-hydrogen) atoms. The van der Waals surface area contributed by atoms with Crippen LogP contribution in [0.5, 0.6) is 5.75 Å². The number of aryl methyl sites for hydroxylation is 1. The zero-order chi connectivity index (χ0) is 23.9. The highest BCUT2D eigenvalue weighted by Crippen LogP contribution is 2.28. The molecule has 0 bridgehead atoms. The van der Waals surface area contributed by atoms with Gasteiger partial charge in [0.15, 0.2) is 0 Å². The van der Waals surface area contributed by atoms with Gasteiger partial charge in [0.1, 0.15) is 11.4 Å². The zero-order valence-electron chi connectivity index (χ0n) is 20.5. The van der Waals surface area contributed by atoms with Crippen LogP contribution in [0, 0.1) is 12.8 Å². The number of carbonyl (C=O) groups excluding carboxylic acids is 1. The molecular weight excluding hydrogens is 422 g/mol. The van der Waals surface area contributed by atoms with E-state index in [2.05, 4.69) is 53.2 Å². The molecule has 1 atom stereocenters. The number of amides is 1. The molecule has 2 aromatic carbocycles. The SMILES string of the molecule is COc1cccc(C[C@@H](C2CCN(Cc3ccc(C)cc3)CC2)N(C)C(=O)c2ccccn2)c1. The molecule has 0 unspecified atom stereocenters. The average molecular weight is 458 g/mol. The van der Waals surface area contributed by atoms with Crippen molar-refractivity contribution in [2.45, 2.75) is 38.8 Å². The highest BCUT2D eigenvalue weighted by molar-refractivity contribution is 5.92. The van der Waals surface area contributed by atoms with Crippen molar-refractivity contribution in [2.75, 3.05) is 27.2 Å². The fourth-order valence-corrected chi connectivity index (χ4v) is 4.93. The third-order valence-corrected chi connectivity index (χ3v) is 6.98. The van der Waals surface area contributed by atoms with E-state index in [1.165, 1.54) is 16.7 Å². The summed E-state index contributed by atoms with van der Waals surface area (Å²) in [4.78, 5) is 22.1. The van der Waals surface area contributed by atoms with Gasteiger partial charge in [-0.2, -0.15) is 0 Å². The van der Waals surface area contributed by atoms with Crippen molar-refractivity contribution in [1.82, 2.24) is 14.8 Å². The molecule has 4 rings (SSSR count). The molecule has 0 radical (unpaired) electrons. The van der Waals surface area contributed by atoms with E-state index in [-0.39, 0.29) is 11.9 Å². The number of hydrogen-bond donors (Lipinski definition) is 0. The molecule has 2 heterocycles. The molecule has 0 N–H and O–H groups in total. The molecule has 1 aliphatic rings. The number of pyridine rings is 1. The van der Waals surface area contributed by atoms with Crippen LogP contribution in [0.15, 0.2) is 72.9 Å². The molecule has 1 aromatic heterocycles. The van der Waals surface area contributed by atoms with E-state index >= 15 is 0 Å². The van der Waals surface area contributed by atoms with Gasteiger partial charge in [-0.25, -0.2) is 0 Å². The summed E-state index contributed by atoms with van der Waals surface area (Å²) in [5.41, 5.74) is 4.34. The standard InChI is InChI=1S/C29H35N3O2/c1-22-10-12-23(13-11-22)21-32-17-14-25(15-18-32)28(20-24-7-6-8-26(19-24)34-3)31(2)29(33)27-9-4-5-16-30-27/h4-13,16,19,25,28H,14-15,17-18,20-21H2,1-3H3/t28-/m0/s1. The molecular formula is C29H35N3O2. The number of ether oxygens (including phenoxy) is 1. The first-order valence-electron chi connectivity index (χ1n) is 12.1. The van der Waals surface area contributed by atoms with E-state index in [9.17, 15) is 4.79 Å². The maximum atomic E-state index is 13.3. The Bertz CT molecular complexity index is 1060. The Balaban J connectivity index is 1.48. The Hall–Kier alpha value is -3.18. The lowest BCUT2D eigenvalue weighted by atomic mass is 9.84. The van der Waals surface area contributed by atoms with Crippen LogP contribution in [0.2, 0.25) is 0 Å². The van der Waals surface area contributed by atoms with Crippen molar-refractivity contribution in [3.63, 3.8) is 0 Å². The van der Waals surface area contributed by atoms with Gasteiger partial charge in [-0.05, 0) is 80.6 Å². The summed E-state index contributed by atoms with van der Waals surface area (Å²) in [5.74, 6) is 1.26. The Kier molecular flexibility index (Phi) is 7.96. The molecule has 1 aliphatic heterocycles. The number of rotatable bonds is 8. The van der Waals surface area contributed by atoms with Crippen LogP contribution in [-0.2, 0) is 13.0 Å². The minimum absolute atomic E-state index is 0.0180. The van der Waals surface area contributed by atoms with Gasteiger partial charge in [0.25, 0.3) is 5.91 Å². The van der Waals surface area contributed by atoms with Gasteiger partial charge in [0.05, 0.1) is 7.11 Å². The molecule has 1 fully saturated rings. The number of likely N-dealkylation sites (N-methyl/N-ethyl adjacent to an activating group) is 1. The second-order valence-electron chi connectivity index (χ2n) is 9.35. The second-order valence-corrected chi connectivity index (χ2v) is 9.35. The van der Waals surface area contributed by atoms with Crippen LogP contribution in [0.25, 0.3) is 0 Å². The zero-order valence-corrected chi connectivity index (χ0v) is 20.5. The molecule has 0 saturated carbocycles. The minimum Gasteiger partial charge on any atom is -0.497 e. The van der Waals surface area contributed by atoms with Crippen LogP contribution in [0.1, 0.15) is 40.0 Å². The van der Waals surface area contributed by atoms with Gasteiger partial charge in [-0.3, -0.25) is 14.7 Å². The lowest BCUT2D eigenvalue weighted by Gasteiger charge is -2.40. The molecule has 1 amide bonds. The number of hydrogen-bond acceptors (Lipinski definition) is 4. The van der Waals surface area contributed by atoms with Crippen molar-refractivity contribution in [2.24, 2.45) is 5.92 Å². The quantitative estimate of drug-likeness (QED) is 0.478. The molecule has 5 heteroatoms. The molecule has 0 spiro atoms.